The van der Waals surface area contributed by atoms with Gasteiger partial charge in [-0.1, -0.05) is 11.6 Å². The lowest BCUT2D eigenvalue weighted by atomic mass is 10.0. The third-order valence-electron chi connectivity index (χ3n) is 7.10. The molecule has 0 aliphatic carbocycles. The standard InChI is InChI=1S/C26H25ClF3N9O/c1-31-23-21-19(13-34-39(21)8-6-32-23)40-18-12-33-24-22(20(18)27)38(3)25(36-24)35-16-10-14(17-5-4-7-37(17)2)9-15(11-16)26(28,29)30/h6,8-13,17H,4-5,7H2,1-3H3,(H,31,32)(H,33,35,36)/t17-/m0/s1. The van der Waals surface area contributed by atoms with Crippen LogP contribution in [0.5, 0.6) is 11.5 Å². The summed E-state index contributed by atoms with van der Waals surface area (Å²) in [7, 11) is 5.36. The molecule has 5 aromatic rings. The van der Waals surface area contributed by atoms with Gasteiger partial charge in [0.25, 0.3) is 0 Å². The number of halogens is 4. The van der Waals surface area contributed by atoms with Crippen LogP contribution in [0.4, 0.5) is 30.6 Å². The molecule has 6 rings (SSSR count). The summed E-state index contributed by atoms with van der Waals surface area (Å²) in [5.41, 5.74) is 1.53. The molecule has 0 spiro atoms. The highest BCUT2D eigenvalue weighted by Crippen LogP contribution is 2.40. The maximum atomic E-state index is 13.8. The molecule has 208 valence electrons. The predicted molar refractivity (Wildman–Crippen MR) is 145 cm³/mol. The molecule has 0 bridgehead atoms. The molecule has 0 saturated carbocycles. The van der Waals surface area contributed by atoms with Crippen molar-refractivity contribution in [2.75, 3.05) is 31.3 Å². The van der Waals surface area contributed by atoms with Gasteiger partial charge >= 0.3 is 6.18 Å². The number of nitrogens with one attached hydrogen (secondary N) is 2. The topological polar surface area (TPSA) is 97.4 Å². The third kappa shape index (κ3) is 4.54. The van der Waals surface area contributed by atoms with Gasteiger partial charge in [-0.3, -0.25) is 4.90 Å². The summed E-state index contributed by atoms with van der Waals surface area (Å²) in [4.78, 5) is 15.2. The lowest BCUT2D eigenvalue weighted by molar-refractivity contribution is -0.137. The van der Waals surface area contributed by atoms with E-state index in [0.717, 1.165) is 25.5 Å². The average molecular weight is 572 g/mol. The number of hydrogen-bond acceptors (Lipinski definition) is 8. The zero-order valence-electron chi connectivity index (χ0n) is 21.8. The first-order valence-electron chi connectivity index (χ1n) is 12.5. The van der Waals surface area contributed by atoms with Gasteiger partial charge in [0.2, 0.25) is 5.95 Å². The van der Waals surface area contributed by atoms with E-state index < -0.39 is 11.7 Å². The van der Waals surface area contributed by atoms with E-state index in [1.165, 1.54) is 12.3 Å². The van der Waals surface area contributed by atoms with Crippen LogP contribution >= 0.6 is 11.6 Å². The third-order valence-corrected chi connectivity index (χ3v) is 7.47. The number of likely N-dealkylation sites (tertiary alicyclic amines) is 1. The Balaban J connectivity index is 1.36. The summed E-state index contributed by atoms with van der Waals surface area (Å²) in [5, 5.41) is 10.6. The fourth-order valence-corrected chi connectivity index (χ4v) is 5.43. The molecule has 1 atom stereocenters. The lowest BCUT2D eigenvalue weighted by Crippen LogP contribution is -2.18. The van der Waals surface area contributed by atoms with Crippen molar-refractivity contribution < 1.29 is 17.9 Å². The number of rotatable bonds is 6. The van der Waals surface area contributed by atoms with Crippen LogP contribution in [0.1, 0.15) is 30.0 Å². The van der Waals surface area contributed by atoms with E-state index >= 15 is 0 Å². The van der Waals surface area contributed by atoms with Crippen molar-refractivity contribution in [1.29, 1.82) is 0 Å². The maximum absolute atomic E-state index is 13.8. The highest BCUT2D eigenvalue weighted by Gasteiger charge is 2.33. The zero-order chi connectivity index (χ0) is 28.2. The molecule has 0 radical (unpaired) electrons. The number of imidazole rings is 1. The van der Waals surface area contributed by atoms with Crippen molar-refractivity contribution in [3.63, 3.8) is 0 Å². The van der Waals surface area contributed by atoms with Gasteiger partial charge in [0, 0.05) is 38.2 Å². The van der Waals surface area contributed by atoms with Crippen LogP contribution in [0.2, 0.25) is 5.02 Å². The molecule has 1 aliphatic rings. The Labute approximate surface area is 231 Å². The van der Waals surface area contributed by atoms with Crippen LogP contribution in [0.25, 0.3) is 16.7 Å². The molecule has 40 heavy (non-hydrogen) atoms. The molecule has 5 heterocycles. The molecule has 1 aliphatic heterocycles. The van der Waals surface area contributed by atoms with Crippen molar-refractivity contribution >= 4 is 45.7 Å². The first-order valence-corrected chi connectivity index (χ1v) is 12.9. The second kappa shape index (κ2) is 9.82. The van der Waals surface area contributed by atoms with Crippen LogP contribution < -0.4 is 15.4 Å². The van der Waals surface area contributed by atoms with Gasteiger partial charge in [-0.15, -0.1) is 0 Å². The molecule has 1 fully saturated rings. The van der Waals surface area contributed by atoms with Crippen molar-refractivity contribution in [3.05, 3.63) is 59.1 Å². The van der Waals surface area contributed by atoms with Gasteiger partial charge in [-0.2, -0.15) is 23.3 Å². The minimum Gasteiger partial charge on any atom is -0.450 e. The van der Waals surface area contributed by atoms with Gasteiger partial charge in [0.1, 0.15) is 10.5 Å². The molecule has 0 amide bonds. The Morgan fingerprint density at radius 2 is 1.90 bits per heavy atom. The minimum absolute atomic E-state index is 0.0855. The smallest absolute Gasteiger partial charge is 0.416 e. The Morgan fingerprint density at radius 3 is 2.62 bits per heavy atom. The lowest BCUT2D eigenvalue weighted by Gasteiger charge is -2.22. The number of pyridine rings is 1. The number of alkyl halides is 3. The Kier molecular flexibility index (Phi) is 6.42. The molecule has 10 nitrogen and oxygen atoms in total. The van der Waals surface area contributed by atoms with Crippen LogP contribution in [0.15, 0.2) is 43.0 Å². The predicted octanol–water partition coefficient (Wildman–Crippen LogP) is 6.03. The van der Waals surface area contributed by atoms with E-state index in [9.17, 15) is 13.2 Å². The van der Waals surface area contributed by atoms with Crippen LogP contribution in [-0.4, -0.2) is 54.7 Å². The van der Waals surface area contributed by atoms with Crippen molar-refractivity contribution in [1.82, 2.24) is 34.0 Å². The number of ether oxygens (including phenoxy) is 1. The summed E-state index contributed by atoms with van der Waals surface area (Å²) in [6, 6.07) is 3.96. The largest absolute Gasteiger partial charge is 0.450 e. The number of benzene rings is 1. The van der Waals surface area contributed by atoms with Crippen LogP contribution in [-0.2, 0) is 13.2 Å². The van der Waals surface area contributed by atoms with Gasteiger partial charge < -0.3 is 19.9 Å². The monoisotopic (exact) mass is 571 g/mol. The molecule has 0 unspecified atom stereocenters. The summed E-state index contributed by atoms with van der Waals surface area (Å²) in [5.74, 6) is 1.52. The van der Waals surface area contributed by atoms with E-state index in [2.05, 4.69) is 35.6 Å². The first kappa shape index (κ1) is 26.1. The Morgan fingerprint density at radius 1 is 1.07 bits per heavy atom. The highest BCUT2D eigenvalue weighted by atomic mass is 35.5. The van der Waals surface area contributed by atoms with Crippen LogP contribution in [0.3, 0.4) is 0 Å². The summed E-state index contributed by atoms with van der Waals surface area (Å²) in [6.07, 6.45) is 3.52. The number of fused-ring (bicyclic) bond motifs is 2. The SMILES string of the molecule is CNc1nccn2ncc(Oc3cnc4nc(Nc5cc([C@@H]6CCCN6C)cc(C(F)(F)F)c5)n(C)c4c3Cl)c12. The molecule has 2 N–H and O–H groups in total. The maximum Gasteiger partial charge on any atom is 0.416 e. The van der Waals surface area contributed by atoms with Crippen LogP contribution in [0, 0.1) is 0 Å². The van der Waals surface area contributed by atoms with Gasteiger partial charge in [0.05, 0.1) is 18.0 Å². The molecule has 1 aromatic carbocycles. The summed E-state index contributed by atoms with van der Waals surface area (Å²) >= 11 is 6.75. The van der Waals surface area contributed by atoms with E-state index in [4.69, 9.17) is 16.3 Å². The molecule has 4 aromatic heterocycles. The number of hydrogen-bond donors (Lipinski definition) is 2. The number of aromatic nitrogens is 6. The van der Waals surface area contributed by atoms with E-state index in [1.54, 1.807) is 47.8 Å². The first-order chi connectivity index (χ1) is 19.1. The molecule has 14 heteroatoms. The van der Waals surface area contributed by atoms with E-state index in [0.29, 0.717) is 33.8 Å². The summed E-state index contributed by atoms with van der Waals surface area (Å²) < 4.78 is 50.7. The molecule has 1 saturated heterocycles. The van der Waals surface area contributed by atoms with Gasteiger partial charge in [-0.05, 0) is 50.2 Å². The average Bonchev–Trinajstić information content (AvgIpc) is 3.62. The number of nitrogens with zero attached hydrogens (tertiary/aromatic N) is 7. The van der Waals surface area contributed by atoms with Crippen molar-refractivity contribution in [2.24, 2.45) is 7.05 Å². The van der Waals surface area contributed by atoms with Crippen molar-refractivity contribution in [3.8, 4) is 11.5 Å². The second-order valence-electron chi connectivity index (χ2n) is 9.64. The van der Waals surface area contributed by atoms with Crippen molar-refractivity contribution in [2.45, 2.75) is 25.1 Å². The zero-order valence-corrected chi connectivity index (χ0v) is 22.5. The fourth-order valence-electron chi connectivity index (χ4n) is 5.13. The number of anilines is 3. The second-order valence-corrected chi connectivity index (χ2v) is 10.0. The Bertz CT molecular complexity index is 1730. The minimum atomic E-state index is -4.49. The van der Waals surface area contributed by atoms with E-state index in [-0.39, 0.29) is 28.4 Å². The number of aryl methyl sites for hydroxylation is 1. The quantitative estimate of drug-likeness (QED) is 0.255. The van der Waals surface area contributed by atoms with Gasteiger partial charge in [-0.25, -0.2) is 14.5 Å². The highest BCUT2D eigenvalue weighted by molar-refractivity contribution is 6.36. The fraction of sp³-hybridized carbons (Fsp3) is 0.308. The summed E-state index contributed by atoms with van der Waals surface area (Å²) in [6.45, 7) is 0.838. The Hall–Kier alpha value is -4.10. The van der Waals surface area contributed by atoms with Gasteiger partial charge in [0.15, 0.2) is 28.5 Å². The van der Waals surface area contributed by atoms with E-state index in [1.807, 2.05) is 7.05 Å². The normalized spacial score (nSPS) is 16.2. The molecular formula is C26H25ClF3N9O. The molecular weight excluding hydrogens is 547 g/mol.